The third-order valence-electron chi connectivity index (χ3n) is 11.8. The van der Waals surface area contributed by atoms with Crippen LogP contribution >= 0.6 is 0 Å². The second-order valence-electron chi connectivity index (χ2n) is 18.4. The number of para-hydroxylation sites is 4. The van der Waals surface area contributed by atoms with Gasteiger partial charge in [0.1, 0.15) is 17.3 Å². The van der Waals surface area contributed by atoms with E-state index in [-0.39, 0.29) is 31.9 Å². The zero-order chi connectivity index (χ0) is 43.5. The predicted molar refractivity (Wildman–Crippen MR) is 258 cm³/mol. The molecule has 0 saturated carbocycles. The molecule has 0 N–H and O–H groups in total. The number of ether oxygens (including phenoxy) is 2. The maximum Gasteiger partial charge on any atom is 0.135 e. The third kappa shape index (κ3) is 8.19. The van der Waals surface area contributed by atoms with E-state index in [1.54, 1.807) is 0 Å². The van der Waals surface area contributed by atoms with Gasteiger partial charge in [-0.15, -0.1) is 48.1 Å². The molecule has 322 valence electrons. The Kier molecular flexibility index (Phi) is 11.2. The fourth-order valence-corrected chi connectivity index (χ4v) is 8.37. The monoisotopic (exact) mass is 1020 g/mol. The molecule has 0 radical (unpaired) electrons. The number of rotatable bonds is 8. The minimum absolute atomic E-state index is 0. The molecule has 0 bridgehead atoms. The zero-order valence-corrected chi connectivity index (χ0v) is 39.4. The minimum Gasteiger partial charge on any atom is -0.509 e. The fraction of sp³-hybridized carbons (Fsp3) is 0.158. The number of pyridine rings is 1. The summed E-state index contributed by atoms with van der Waals surface area (Å²) in [6, 6.07) is 61.4. The first kappa shape index (κ1) is 42.7. The summed E-state index contributed by atoms with van der Waals surface area (Å²) in [4.78, 5) is 9.55. The second-order valence-corrected chi connectivity index (χ2v) is 18.4. The van der Waals surface area contributed by atoms with Crippen molar-refractivity contribution in [3.63, 3.8) is 0 Å². The van der Waals surface area contributed by atoms with Gasteiger partial charge in [0.25, 0.3) is 0 Å². The molecule has 7 heteroatoms. The third-order valence-corrected chi connectivity index (χ3v) is 11.8. The Hall–Kier alpha value is -6.62. The van der Waals surface area contributed by atoms with Crippen molar-refractivity contribution in [1.29, 1.82) is 0 Å². The number of benzene rings is 7. The van der Waals surface area contributed by atoms with Crippen molar-refractivity contribution < 1.29 is 30.5 Å². The van der Waals surface area contributed by atoms with Gasteiger partial charge in [-0.1, -0.05) is 114 Å². The number of hydrogen-bond acceptors (Lipinski definition) is 5. The van der Waals surface area contributed by atoms with Crippen molar-refractivity contribution >= 4 is 44.6 Å². The molecule has 10 rings (SSSR count). The van der Waals surface area contributed by atoms with Crippen molar-refractivity contribution in [2.75, 3.05) is 9.80 Å². The first-order chi connectivity index (χ1) is 30.4. The number of aryl methyl sites for hydroxylation is 1. The van der Waals surface area contributed by atoms with E-state index in [1.165, 1.54) is 11.1 Å². The van der Waals surface area contributed by atoms with Crippen LogP contribution in [0.25, 0.3) is 38.8 Å². The van der Waals surface area contributed by atoms with E-state index in [1.807, 2.05) is 66.9 Å². The first-order valence-corrected chi connectivity index (χ1v) is 21.5. The van der Waals surface area contributed by atoms with Crippen molar-refractivity contribution in [2.24, 2.45) is 0 Å². The fourth-order valence-electron chi connectivity index (χ4n) is 8.37. The Morgan fingerprint density at radius 1 is 0.562 bits per heavy atom. The van der Waals surface area contributed by atoms with Crippen LogP contribution in [0.5, 0.6) is 23.0 Å². The normalized spacial score (nSPS) is 12.7. The topological polar surface area (TPSA) is 42.8 Å². The van der Waals surface area contributed by atoms with Gasteiger partial charge in [-0.25, -0.2) is 4.98 Å². The van der Waals surface area contributed by atoms with Crippen LogP contribution in [0.3, 0.4) is 0 Å². The average Bonchev–Trinajstić information content (AvgIpc) is 3.82. The summed E-state index contributed by atoms with van der Waals surface area (Å²) in [6.45, 7) is 18.0. The Labute approximate surface area is 391 Å². The minimum atomic E-state index is -0.00475. The Morgan fingerprint density at radius 2 is 1.22 bits per heavy atom. The summed E-state index contributed by atoms with van der Waals surface area (Å²) in [6.07, 6.45) is 1.95. The summed E-state index contributed by atoms with van der Waals surface area (Å²) in [5, 5.41) is 2.19. The van der Waals surface area contributed by atoms with Crippen LogP contribution in [0.4, 0.5) is 22.7 Å². The Balaban J connectivity index is 0.00000518. The summed E-state index contributed by atoms with van der Waals surface area (Å²) in [7, 11) is 0. The molecule has 1 aliphatic heterocycles. The van der Waals surface area contributed by atoms with Gasteiger partial charge in [0.2, 0.25) is 0 Å². The molecule has 0 atom stereocenters. The van der Waals surface area contributed by atoms with Crippen LogP contribution in [-0.4, -0.2) is 9.55 Å². The van der Waals surface area contributed by atoms with Crippen LogP contribution in [0, 0.1) is 25.7 Å². The van der Waals surface area contributed by atoms with E-state index < -0.39 is 0 Å². The molecule has 2 aromatic heterocycles. The van der Waals surface area contributed by atoms with E-state index in [0.717, 1.165) is 78.6 Å². The smallest absolute Gasteiger partial charge is 0.135 e. The molecule has 0 fully saturated rings. The molecule has 9 aromatic rings. The second kappa shape index (κ2) is 16.8. The van der Waals surface area contributed by atoms with E-state index in [9.17, 15) is 0 Å². The maximum absolute atomic E-state index is 6.62. The Morgan fingerprint density at radius 3 is 1.95 bits per heavy atom. The predicted octanol–water partition coefficient (Wildman–Crippen LogP) is 15.3. The van der Waals surface area contributed by atoms with Crippen LogP contribution < -0.4 is 19.3 Å². The summed E-state index contributed by atoms with van der Waals surface area (Å²) in [5.41, 5.74) is 11.9. The number of aromatic nitrogens is 2. The van der Waals surface area contributed by atoms with Crippen LogP contribution in [0.1, 0.15) is 58.2 Å². The van der Waals surface area contributed by atoms with Gasteiger partial charge < -0.3 is 23.8 Å². The standard InChI is InChI=1S/C57H49N4O2.Pt/c1-38-29-55(58-36-50(38)39-17-15-21-45(30-39)62-44-19-9-8-10-20-44)61-51-24-12-11-23-48(51)49-28-27-47(35-54(49)61)63-46-22-16-18-42(34-46)59-37-60(53-26-14-13-25-52(53)59)43-32-40(56(2,3)4)31-41(33-43)57(5,6)7;/h8-33,36-37H,1-7H3;/q-3;. The average molecular weight is 1020 g/mol. The van der Waals surface area contributed by atoms with Crippen molar-refractivity contribution in [3.05, 3.63) is 199 Å². The van der Waals surface area contributed by atoms with Crippen molar-refractivity contribution in [1.82, 2.24) is 9.55 Å². The molecule has 1 aliphatic rings. The van der Waals surface area contributed by atoms with Crippen LogP contribution in [0.2, 0.25) is 0 Å². The number of nitrogens with zero attached hydrogens (tertiary/aromatic N) is 4. The van der Waals surface area contributed by atoms with E-state index >= 15 is 0 Å². The van der Waals surface area contributed by atoms with Crippen LogP contribution in [-0.2, 0) is 31.9 Å². The molecule has 64 heavy (non-hydrogen) atoms. The number of fused-ring (bicyclic) bond motifs is 4. The van der Waals surface area contributed by atoms with Gasteiger partial charge in [-0.05, 0) is 106 Å². The molecular weight excluding hydrogens is 968 g/mol. The van der Waals surface area contributed by atoms with Crippen molar-refractivity contribution in [2.45, 2.75) is 59.3 Å². The van der Waals surface area contributed by atoms with Gasteiger partial charge in [0, 0.05) is 66.9 Å². The van der Waals surface area contributed by atoms with Gasteiger partial charge in [0.05, 0.1) is 0 Å². The molecule has 0 aliphatic carbocycles. The number of anilines is 4. The van der Waals surface area contributed by atoms with Gasteiger partial charge in [-0.2, -0.15) is 12.1 Å². The van der Waals surface area contributed by atoms with Gasteiger partial charge >= 0.3 is 0 Å². The molecule has 0 spiro atoms. The molecule has 0 amide bonds. The molecule has 3 heterocycles. The van der Waals surface area contributed by atoms with E-state index in [2.05, 4.69) is 179 Å². The van der Waals surface area contributed by atoms with Crippen LogP contribution in [0.15, 0.2) is 164 Å². The SMILES string of the molecule is Cc1cc(-n2c3[c-]c(Oc4[c-]c(N5[CH-]N(c6cc(C(C)(C)C)cc(C(C)(C)C)c6)c6ccccc65)ccc4)ccc3c3ccccc32)ncc1-c1cccc(Oc2ccccc2)c1.[Pt]. The number of hydrogen-bond donors (Lipinski definition) is 0. The summed E-state index contributed by atoms with van der Waals surface area (Å²) < 4.78 is 15.0. The largest absolute Gasteiger partial charge is 0.509 e. The maximum atomic E-state index is 6.62. The van der Waals surface area contributed by atoms with Crippen molar-refractivity contribution in [3.8, 4) is 39.9 Å². The van der Waals surface area contributed by atoms with E-state index in [4.69, 9.17) is 14.5 Å². The zero-order valence-electron chi connectivity index (χ0n) is 37.1. The Bertz CT molecular complexity index is 3130. The quantitative estimate of drug-likeness (QED) is 0.142. The van der Waals surface area contributed by atoms with Gasteiger partial charge in [-0.3, -0.25) is 0 Å². The summed E-state index contributed by atoms with van der Waals surface area (Å²) >= 11 is 0. The molecule has 7 aromatic carbocycles. The first-order valence-electron chi connectivity index (χ1n) is 21.5. The molecule has 0 saturated heterocycles. The molecule has 6 nitrogen and oxygen atoms in total. The van der Waals surface area contributed by atoms with E-state index in [0.29, 0.717) is 11.5 Å². The molecular formula is C57H49N4O2Pt-3. The molecule has 0 unspecified atom stereocenters. The summed E-state index contributed by atoms with van der Waals surface area (Å²) in [5.74, 6) is 3.56. The van der Waals surface area contributed by atoms with Gasteiger partial charge in [0.15, 0.2) is 0 Å².